The molecular weight excluding hydrogens is 204 g/mol. The Bertz CT molecular complexity index is 366. The molecule has 1 aliphatic rings. The van der Waals surface area contributed by atoms with Crippen LogP contribution in [-0.2, 0) is 0 Å². The predicted octanol–water partition coefficient (Wildman–Crippen LogP) is 2.50. The summed E-state index contributed by atoms with van der Waals surface area (Å²) in [7, 11) is 0. The van der Waals surface area contributed by atoms with Crippen molar-refractivity contribution >= 4 is 17.4 Å². The number of hydrogen-bond acceptors (Lipinski definition) is 3. The zero-order chi connectivity index (χ0) is 10.7. The maximum absolute atomic E-state index is 8.72. The molecule has 3 heteroatoms. The number of nitrogens with zero attached hydrogens (tertiary/aromatic N) is 2. The summed E-state index contributed by atoms with van der Waals surface area (Å²) in [6.45, 7) is 3.36. The summed E-state index contributed by atoms with van der Waals surface area (Å²) < 4.78 is 0. The Balaban J connectivity index is 2.18. The van der Waals surface area contributed by atoms with Gasteiger partial charge in [0.05, 0.1) is 11.6 Å². The second-order valence-corrected chi connectivity index (χ2v) is 4.93. The van der Waals surface area contributed by atoms with Crippen LogP contribution in [0.2, 0.25) is 0 Å². The van der Waals surface area contributed by atoms with E-state index in [2.05, 4.69) is 17.9 Å². The van der Waals surface area contributed by atoms with Gasteiger partial charge in [0.2, 0.25) is 0 Å². The SMILES string of the molecule is CC1CSCCN1c1ccc(C#N)cc1. The topological polar surface area (TPSA) is 27.0 Å². The first-order chi connectivity index (χ1) is 7.31. The van der Waals surface area contributed by atoms with Crippen LogP contribution in [0.3, 0.4) is 0 Å². The van der Waals surface area contributed by atoms with Gasteiger partial charge in [-0.05, 0) is 31.2 Å². The van der Waals surface area contributed by atoms with Crippen molar-refractivity contribution in [3.63, 3.8) is 0 Å². The number of hydrogen-bond donors (Lipinski definition) is 0. The molecule has 0 amide bonds. The van der Waals surface area contributed by atoms with E-state index in [0.29, 0.717) is 6.04 Å². The van der Waals surface area contributed by atoms with E-state index >= 15 is 0 Å². The highest BCUT2D eigenvalue weighted by molar-refractivity contribution is 7.99. The molecule has 1 aliphatic heterocycles. The molecule has 1 aromatic rings. The van der Waals surface area contributed by atoms with Gasteiger partial charge in [0, 0.05) is 29.8 Å². The van der Waals surface area contributed by atoms with Crippen LogP contribution in [0.25, 0.3) is 0 Å². The third kappa shape index (κ3) is 2.27. The number of anilines is 1. The monoisotopic (exact) mass is 218 g/mol. The minimum atomic E-state index is 0.594. The van der Waals surface area contributed by atoms with Gasteiger partial charge in [-0.15, -0.1) is 0 Å². The van der Waals surface area contributed by atoms with E-state index in [1.807, 2.05) is 36.0 Å². The molecule has 0 N–H and O–H groups in total. The maximum Gasteiger partial charge on any atom is 0.0991 e. The Morgan fingerprint density at radius 2 is 2.13 bits per heavy atom. The first-order valence-corrected chi connectivity index (χ1v) is 6.31. The van der Waals surface area contributed by atoms with Crippen LogP contribution in [0.1, 0.15) is 12.5 Å². The van der Waals surface area contributed by atoms with Gasteiger partial charge >= 0.3 is 0 Å². The van der Waals surface area contributed by atoms with Gasteiger partial charge in [-0.2, -0.15) is 17.0 Å². The van der Waals surface area contributed by atoms with E-state index in [4.69, 9.17) is 5.26 Å². The molecule has 0 radical (unpaired) electrons. The average Bonchev–Trinajstić information content (AvgIpc) is 2.30. The molecule has 0 bridgehead atoms. The number of rotatable bonds is 1. The molecule has 0 spiro atoms. The fraction of sp³-hybridized carbons (Fsp3) is 0.417. The van der Waals surface area contributed by atoms with Crippen molar-refractivity contribution in [3.05, 3.63) is 29.8 Å². The Labute approximate surface area is 94.9 Å². The third-order valence-corrected chi connectivity index (χ3v) is 3.89. The molecule has 1 atom stereocenters. The Morgan fingerprint density at radius 3 is 2.73 bits per heavy atom. The largest absolute Gasteiger partial charge is 0.367 e. The fourth-order valence-corrected chi connectivity index (χ4v) is 2.85. The summed E-state index contributed by atoms with van der Waals surface area (Å²) in [5, 5.41) is 8.72. The molecule has 2 nitrogen and oxygen atoms in total. The molecule has 2 rings (SSSR count). The van der Waals surface area contributed by atoms with E-state index in [-0.39, 0.29) is 0 Å². The summed E-state index contributed by atoms with van der Waals surface area (Å²) in [5.41, 5.74) is 1.97. The van der Waals surface area contributed by atoms with E-state index < -0.39 is 0 Å². The van der Waals surface area contributed by atoms with Crippen LogP contribution in [0.5, 0.6) is 0 Å². The lowest BCUT2D eigenvalue weighted by molar-refractivity contribution is 0.700. The minimum Gasteiger partial charge on any atom is -0.367 e. The van der Waals surface area contributed by atoms with E-state index in [1.165, 1.54) is 17.2 Å². The van der Waals surface area contributed by atoms with E-state index in [1.54, 1.807) is 0 Å². The molecule has 15 heavy (non-hydrogen) atoms. The molecule has 1 saturated heterocycles. The average molecular weight is 218 g/mol. The van der Waals surface area contributed by atoms with Crippen molar-refractivity contribution in [2.45, 2.75) is 13.0 Å². The Hall–Kier alpha value is -1.14. The van der Waals surface area contributed by atoms with Gasteiger partial charge in [0.15, 0.2) is 0 Å². The second-order valence-electron chi connectivity index (χ2n) is 3.78. The lowest BCUT2D eigenvalue weighted by atomic mass is 10.2. The van der Waals surface area contributed by atoms with Crippen molar-refractivity contribution in [1.29, 1.82) is 5.26 Å². The highest BCUT2D eigenvalue weighted by Crippen LogP contribution is 2.23. The molecular formula is C12H14N2S. The summed E-state index contributed by atoms with van der Waals surface area (Å²) in [6, 6.07) is 10.6. The zero-order valence-electron chi connectivity index (χ0n) is 8.81. The van der Waals surface area contributed by atoms with Crippen molar-refractivity contribution in [3.8, 4) is 6.07 Å². The molecule has 1 fully saturated rings. The highest BCUT2D eigenvalue weighted by Gasteiger charge is 2.18. The van der Waals surface area contributed by atoms with Gasteiger partial charge in [-0.25, -0.2) is 0 Å². The first-order valence-electron chi connectivity index (χ1n) is 5.16. The smallest absolute Gasteiger partial charge is 0.0991 e. The predicted molar refractivity (Wildman–Crippen MR) is 65.3 cm³/mol. The van der Waals surface area contributed by atoms with Crippen LogP contribution >= 0.6 is 11.8 Å². The molecule has 0 aliphatic carbocycles. The van der Waals surface area contributed by atoms with Gasteiger partial charge in [0.25, 0.3) is 0 Å². The number of benzene rings is 1. The van der Waals surface area contributed by atoms with Crippen molar-refractivity contribution in [2.75, 3.05) is 23.0 Å². The molecule has 1 unspecified atom stereocenters. The van der Waals surface area contributed by atoms with Gasteiger partial charge in [-0.1, -0.05) is 0 Å². The van der Waals surface area contributed by atoms with Crippen LogP contribution < -0.4 is 4.90 Å². The van der Waals surface area contributed by atoms with Crippen LogP contribution in [0, 0.1) is 11.3 Å². The normalized spacial score (nSPS) is 21.1. The van der Waals surface area contributed by atoms with Crippen LogP contribution in [0.15, 0.2) is 24.3 Å². The highest BCUT2D eigenvalue weighted by atomic mass is 32.2. The van der Waals surface area contributed by atoms with Crippen LogP contribution in [-0.4, -0.2) is 24.1 Å². The van der Waals surface area contributed by atoms with Crippen molar-refractivity contribution in [1.82, 2.24) is 0 Å². The molecule has 0 aromatic heterocycles. The second kappa shape index (κ2) is 4.59. The van der Waals surface area contributed by atoms with Gasteiger partial charge in [0.1, 0.15) is 0 Å². The fourth-order valence-electron chi connectivity index (χ4n) is 1.84. The van der Waals surface area contributed by atoms with Crippen LogP contribution in [0.4, 0.5) is 5.69 Å². The Morgan fingerprint density at radius 1 is 1.40 bits per heavy atom. The van der Waals surface area contributed by atoms with E-state index in [0.717, 1.165) is 12.1 Å². The van der Waals surface area contributed by atoms with Crippen molar-refractivity contribution in [2.24, 2.45) is 0 Å². The first kappa shape index (κ1) is 10.4. The minimum absolute atomic E-state index is 0.594. The quantitative estimate of drug-likeness (QED) is 0.724. The number of thioether (sulfide) groups is 1. The molecule has 78 valence electrons. The molecule has 1 aromatic carbocycles. The van der Waals surface area contributed by atoms with Gasteiger partial charge < -0.3 is 4.90 Å². The standard InChI is InChI=1S/C12H14N2S/c1-10-9-15-7-6-14(10)12-4-2-11(8-13)3-5-12/h2-5,10H,6-7,9H2,1H3. The lowest BCUT2D eigenvalue weighted by Crippen LogP contribution is -2.40. The Kier molecular flexibility index (Phi) is 3.17. The summed E-state index contributed by atoms with van der Waals surface area (Å²) >= 11 is 2.02. The van der Waals surface area contributed by atoms with Crippen molar-refractivity contribution < 1.29 is 0 Å². The number of nitriles is 1. The maximum atomic E-state index is 8.72. The summed E-state index contributed by atoms with van der Waals surface area (Å²) in [6.07, 6.45) is 0. The van der Waals surface area contributed by atoms with E-state index in [9.17, 15) is 0 Å². The molecule has 1 heterocycles. The molecule has 0 saturated carbocycles. The summed E-state index contributed by atoms with van der Waals surface area (Å²) in [4.78, 5) is 2.41. The van der Waals surface area contributed by atoms with Gasteiger partial charge in [-0.3, -0.25) is 0 Å². The lowest BCUT2D eigenvalue weighted by Gasteiger charge is -2.35. The zero-order valence-corrected chi connectivity index (χ0v) is 9.63. The summed E-state index contributed by atoms with van der Waals surface area (Å²) in [5.74, 6) is 2.39. The third-order valence-electron chi connectivity index (χ3n) is 2.70.